The smallest absolute Gasteiger partial charge is 0.251 e. The predicted octanol–water partition coefficient (Wildman–Crippen LogP) is 2.41. The molecule has 0 atom stereocenters. The Morgan fingerprint density at radius 2 is 2.19 bits per heavy atom. The van der Waals surface area contributed by atoms with Crippen LogP contribution in [0.4, 0.5) is 0 Å². The van der Waals surface area contributed by atoms with E-state index in [0.29, 0.717) is 23.0 Å². The number of hydrogen-bond acceptors (Lipinski definition) is 3. The minimum atomic E-state index is -0.180. The van der Waals surface area contributed by atoms with Crippen molar-refractivity contribution in [2.24, 2.45) is 7.05 Å². The molecule has 2 aromatic heterocycles. The highest BCUT2D eigenvalue weighted by Crippen LogP contribution is 2.16. The molecule has 0 amide bonds. The summed E-state index contributed by atoms with van der Waals surface area (Å²) in [6.45, 7) is 0. The van der Waals surface area contributed by atoms with Gasteiger partial charge in [-0.05, 0) is 17.7 Å². The van der Waals surface area contributed by atoms with Gasteiger partial charge in [0.15, 0.2) is 0 Å². The molecule has 3 aromatic rings. The first-order chi connectivity index (χ1) is 10.1. The highest BCUT2D eigenvalue weighted by molar-refractivity contribution is 6.30. The van der Waals surface area contributed by atoms with Crippen LogP contribution in [0.2, 0.25) is 5.02 Å². The van der Waals surface area contributed by atoms with Crippen LogP contribution in [-0.2, 0) is 13.5 Å². The van der Waals surface area contributed by atoms with E-state index in [4.69, 9.17) is 11.6 Å². The van der Waals surface area contributed by atoms with Gasteiger partial charge in [0.05, 0.1) is 11.9 Å². The fraction of sp³-hybridized carbons (Fsp3) is 0.133. The maximum absolute atomic E-state index is 11.8. The molecule has 0 saturated heterocycles. The van der Waals surface area contributed by atoms with Gasteiger partial charge in [0.25, 0.3) is 5.56 Å². The van der Waals surface area contributed by atoms with E-state index in [0.717, 1.165) is 11.1 Å². The standard InChI is InChI=1S/C15H13ClN4O/c1-20-9-11(8-17-20)13-7-15(21)19-14(18-13)6-10-3-2-4-12(16)5-10/h2-5,7-9H,6H2,1H3,(H,18,19,21). The van der Waals surface area contributed by atoms with Crippen molar-refractivity contribution in [3.05, 3.63) is 69.5 Å². The molecule has 0 bridgehead atoms. The second-order valence-electron chi connectivity index (χ2n) is 4.79. The van der Waals surface area contributed by atoms with Gasteiger partial charge in [0, 0.05) is 36.3 Å². The third kappa shape index (κ3) is 3.20. The van der Waals surface area contributed by atoms with Crippen LogP contribution < -0.4 is 5.56 Å². The largest absolute Gasteiger partial charge is 0.310 e. The van der Waals surface area contributed by atoms with Gasteiger partial charge in [-0.2, -0.15) is 5.10 Å². The van der Waals surface area contributed by atoms with Crippen molar-refractivity contribution >= 4 is 11.6 Å². The molecule has 0 spiro atoms. The summed E-state index contributed by atoms with van der Waals surface area (Å²) in [5, 5.41) is 4.76. The second-order valence-corrected chi connectivity index (χ2v) is 5.22. The van der Waals surface area contributed by atoms with E-state index in [1.165, 1.54) is 6.07 Å². The molecular weight excluding hydrogens is 288 g/mol. The number of nitrogens with zero attached hydrogens (tertiary/aromatic N) is 3. The van der Waals surface area contributed by atoms with E-state index < -0.39 is 0 Å². The summed E-state index contributed by atoms with van der Waals surface area (Å²) >= 11 is 5.97. The highest BCUT2D eigenvalue weighted by Gasteiger charge is 2.07. The van der Waals surface area contributed by atoms with Crippen LogP contribution in [0.1, 0.15) is 11.4 Å². The number of hydrogen-bond donors (Lipinski definition) is 1. The zero-order valence-electron chi connectivity index (χ0n) is 11.4. The lowest BCUT2D eigenvalue weighted by Gasteiger charge is -2.04. The van der Waals surface area contributed by atoms with Gasteiger partial charge < -0.3 is 4.98 Å². The minimum absolute atomic E-state index is 0.180. The minimum Gasteiger partial charge on any atom is -0.310 e. The molecule has 6 heteroatoms. The van der Waals surface area contributed by atoms with Gasteiger partial charge in [-0.15, -0.1) is 0 Å². The lowest BCUT2D eigenvalue weighted by Crippen LogP contribution is -2.11. The molecule has 0 saturated carbocycles. The first-order valence-corrected chi connectivity index (χ1v) is 6.82. The summed E-state index contributed by atoms with van der Waals surface area (Å²) in [6.07, 6.45) is 4.03. The summed E-state index contributed by atoms with van der Waals surface area (Å²) in [4.78, 5) is 19.0. The Labute approximate surface area is 126 Å². The average molecular weight is 301 g/mol. The van der Waals surface area contributed by atoms with Crippen LogP contribution >= 0.6 is 11.6 Å². The van der Waals surface area contributed by atoms with E-state index in [9.17, 15) is 4.79 Å². The maximum Gasteiger partial charge on any atom is 0.251 e. The molecule has 0 unspecified atom stereocenters. The van der Waals surface area contributed by atoms with E-state index >= 15 is 0 Å². The van der Waals surface area contributed by atoms with Gasteiger partial charge in [0.1, 0.15) is 5.82 Å². The summed E-state index contributed by atoms with van der Waals surface area (Å²) < 4.78 is 1.68. The van der Waals surface area contributed by atoms with Crippen molar-refractivity contribution in [3.8, 4) is 11.3 Å². The number of halogens is 1. The Bertz CT molecular complexity index is 837. The summed E-state index contributed by atoms with van der Waals surface area (Å²) in [5.74, 6) is 0.601. The molecule has 5 nitrogen and oxygen atoms in total. The summed E-state index contributed by atoms with van der Waals surface area (Å²) in [5.41, 5.74) is 2.25. The van der Waals surface area contributed by atoms with Crippen LogP contribution in [0.25, 0.3) is 11.3 Å². The first-order valence-electron chi connectivity index (χ1n) is 6.44. The molecule has 0 fully saturated rings. The molecule has 0 aliphatic rings. The molecule has 106 valence electrons. The number of nitrogens with one attached hydrogen (secondary N) is 1. The fourth-order valence-corrected chi connectivity index (χ4v) is 2.35. The quantitative estimate of drug-likeness (QED) is 0.808. The third-order valence-electron chi connectivity index (χ3n) is 3.05. The molecule has 3 rings (SSSR count). The number of aryl methyl sites for hydroxylation is 1. The van der Waals surface area contributed by atoms with Crippen LogP contribution in [0.15, 0.2) is 47.5 Å². The SMILES string of the molecule is Cn1cc(-c2cc(=O)[nH]c(Cc3cccc(Cl)c3)n2)cn1. The molecule has 21 heavy (non-hydrogen) atoms. The maximum atomic E-state index is 11.8. The molecule has 2 heterocycles. The number of benzene rings is 1. The highest BCUT2D eigenvalue weighted by atomic mass is 35.5. The number of aromatic nitrogens is 4. The van der Waals surface area contributed by atoms with E-state index in [2.05, 4.69) is 15.1 Å². The fourth-order valence-electron chi connectivity index (χ4n) is 2.13. The van der Waals surface area contributed by atoms with Crippen molar-refractivity contribution in [1.29, 1.82) is 0 Å². The normalized spacial score (nSPS) is 10.8. The van der Waals surface area contributed by atoms with Crippen LogP contribution in [0, 0.1) is 0 Å². The Kier molecular flexibility index (Phi) is 3.58. The van der Waals surface area contributed by atoms with Gasteiger partial charge in [-0.3, -0.25) is 9.48 Å². The number of aromatic amines is 1. The van der Waals surface area contributed by atoms with Gasteiger partial charge in [-0.1, -0.05) is 23.7 Å². The van der Waals surface area contributed by atoms with E-state index in [-0.39, 0.29) is 5.56 Å². The van der Waals surface area contributed by atoms with Gasteiger partial charge in [0.2, 0.25) is 0 Å². The van der Waals surface area contributed by atoms with Crippen molar-refractivity contribution in [3.63, 3.8) is 0 Å². The first kappa shape index (κ1) is 13.6. The number of rotatable bonds is 3. The Hall–Kier alpha value is -2.40. The Morgan fingerprint density at radius 3 is 2.90 bits per heavy atom. The monoisotopic (exact) mass is 300 g/mol. The average Bonchev–Trinajstić information content (AvgIpc) is 2.85. The summed E-state index contributed by atoms with van der Waals surface area (Å²) in [7, 11) is 1.82. The molecule has 0 aliphatic carbocycles. The van der Waals surface area contributed by atoms with Crippen molar-refractivity contribution < 1.29 is 0 Å². The van der Waals surface area contributed by atoms with Crippen molar-refractivity contribution in [2.45, 2.75) is 6.42 Å². The molecule has 0 radical (unpaired) electrons. The van der Waals surface area contributed by atoms with E-state index in [1.54, 1.807) is 10.9 Å². The van der Waals surface area contributed by atoms with Gasteiger partial charge >= 0.3 is 0 Å². The lowest BCUT2D eigenvalue weighted by atomic mass is 10.1. The molecule has 1 aromatic carbocycles. The topological polar surface area (TPSA) is 63.6 Å². The van der Waals surface area contributed by atoms with Crippen LogP contribution in [-0.4, -0.2) is 19.7 Å². The predicted molar refractivity (Wildman–Crippen MR) is 81.3 cm³/mol. The molecular formula is C15H13ClN4O. The second kappa shape index (κ2) is 5.54. The van der Waals surface area contributed by atoms with Crippen molar-refractivity contribution in [1.82, 2.24) is 19.7 Å². The van der Waals surface area contributed by atoms with E-state index in [1.807, 2.05) is 37.5 Å². The Balaban J connectivity index is 1.96. The van der Waals surface area contributed by atoms with Gasteiger partial charge in [-0.25, -0.2) is 4.98 Å². The Morgan fingerprint density at radius 1 is 1.33 bits per heavy atom. The third-order valence-corrected chi connectivity index (χ3v) is 3.29. The van der Waals surface area contributed by atoms with Crippen LogP contribution in [0.5, 0.6) is 0 Å². The molecule has 0 aliphatic heterocycles. The van der Waals surface area contributed by atoms with Crippen molar-refractivity contribution in [2.75, 3.05) is 0 Å². The zero-order chi connectivity index (χ0) is 14.8. The number of H-pyrrole nitrogens is 1. The molecule has 1 N–H and O–H groups in total. The summed E-state index contributed by atoms with van der Waals surface area (Å²) in [6, 6.07) is 8.97. The van der Waals surface area contributed by atoms with Crippen LogP contribution in [0.3, 0.4) is 0 Å². The zero-order valence-corrected chi connectivity index (χ0v) is 12.1. The lowest BCUT2D eigenvalue weighted by molar-refractivity contribution is 0.768.